The van der Waals surface area contributed by atoms with E-state index in [1.165, 1.54) is 21.2 Å². The van der Waals surface area contributed by atoms with Crippen LogP contribution in [0.5, 0.6) is 0 Å². The van der Waals surface area contributed by atoms with Crippen LogP contribution in [0.2, 0.25) is 0 Å². The molecule has 0 unspecified atom stereocenters. The Kier molecular flexibility index (Phi) is 12.6. The van der Waals surface area contributed by atoms with Gasteiger partial charge in [0.15, 0.2) is 0 Å². The summed E-state index contributed by atoms with van der Waals surface area (Å²) in [6.07, 6.45) is 3.50. The normalized spacial score (nSPS) is 20.5. The van der Waals surface area contributed by atoms with Crippen LogP contribution in [0.1, 0.15) is 83.5 Å². The SMILES string of the molecule is CCn1c(-c2cccnc2C(C)C)c2c3nc(ccc31)-c1csc(n1)C[C@H](NC(=O)[C@H](C(C)C)N(C)C(=O)N1CC(OC)C1)C(=O)N1CCC[C@H](N1)C(=O)OCC(C)(C)C2. The molecule has 4 aromatic rings. The van der Waals surface area contributed by atoms with Crippen molar-refractivity contribution in [3.05, 3.63) is 52.1 Å². The standard InChI is InChI=1S/C44H59N9O6S/c1-10-52-34-16-15-30-33-23-60-35(46-33)19-32(48-40(54)38(26(4)5)50(8)43(57)51-21-27(22-51)58-9)41(55)53-18-12-14-31(49-53)42(56)59-24-44(6,7)20-29(37(34)47-30)39(52)28-13-11-17-45-36(28)25(2)3/h11,13,15-17,23,25-27,31-32,38,49H,10,12,14,18-22,24H2,1-9H3,(H,48,54)/t31-,32-,38-/m0/s1. The Labute approximate surface area is 356 Å². The third-order valence-electron chi connectivity index (χ3n) is 11.8. The number of nitrogens with one attached hydrogen (secondary N) is 2. The lowest BCUT2D eigenvalue weighted by Gasteiger charge is -2.42. The highest BCUT2D eigenvalue weighted by molar-refractivity contribution is 7.10. The van der Waals surface area contributed by atoms with Gasteiger partial charge in [0.2, 0.25) is 5.91 Å². The Morgan fingerprint density at radius 1 is 1.12 bits per heavy atom. The van der Waals surface area contributed by atoms with E-state index in [-0.39, 0.29) is 37.0 Å². The molecule has 3 aliphatic rings. The Morgan fingerprint density at radius 3 is 2.58 bits per heavy atom. The number of hydrogen-bond donors (Lipinski definition) is 2. The van der Waals surface area contributed by atoms with Crippen LogP contribution in [0.4, 0.5) is 4.79 Å². The Balaban J connectivity index is 1.28. The molecule has 4 aromatic heterocycles. The van der Waals surface area contributed by atoms with Crippen LogP contribution in [0, 0.1) is 11.3 Å². The molecule has 0 spiro atoms. The first kappa shape index (κ1) is 43.2. The smallest absolute Gasteiger partial charge is 0.324 e. The first-order chi connectivity index (χ1) is 28.6. The van der Waals surface area contributed by atoms with Crippen LogP contribution in [-0.4, -0.2) is 123 Å². The van der Waals surface area contributed by atoms with Crippen LogP contribution in [-0.2, 0) is 43.2 Å². The molecule has 2 N–H and O–H groups in total. The van der Waals surface area contributed by atoms with E-state index < -0.39 is 41.3 Å². The van der Waals surface area contributed by atoms with Crippen molar-refractivity contribution in [1.82, 2.24) is 45.1 Å². The summed E-state index contributed by atoms with van der Waals surface area (Å²) >= 11 is 1.39. The Bertz CT molecular complexity index is 2240. The van der Waals surface area contributed by atoms with Gasteiger partial charge in [-0.1, -0.05) is 41.5 Å². The topological polar surface area (TPSA) is 164 Å². The highest BCUT2D eigenvalue weighted by Crippen LogP contribution is 2.40. The first-order valence-corrected chi connectivity index (χ1v) is 22.0. The molecule has 7 rings (SSSR count). The van der Waals surface area contributed by atoms with E-state index >= 15 is 0 Å². The maximum atomic E-state index is 14.5. The van der Waals surface area contributed by atoms with Crippen molar-refractivity contribution < 1.29 is 28.7 Å². The number of hydrazine groups is 1. The molecule has 4 amide bonds. The number of hydrogen-bond acceptors (Lipinski definition) is 11. The van der Waals surface area contributed by atoms with Crippen molar-refractivity contribution >= 4 is 46.2 Å². The molecular weight excluding hydrogens is 783 g/mol. The van der Waals surface area contributed by atoms with Crippen molar-refractivity contribution in [2.75, 3.05) is 40.4 Å². The van der Waals surface area contributed by atoms with Crippen molar-refractivity contribution in [3.63, 3.8) is 0 Å². The number of pyridine rings is 2. The second kappa shape index (κ2) is 17.6. The maximum absolute atomic E-state index is 14.5. The summed E-state index contributed by atoms with van der Waals surface area (Å²) in [5.41, 5.74) is 9.96. The molecule has 0 radical (unpaired) electrons. The summed E-state index contributed by atoms with van der Waals surface area (Å²) in [6, 6.07) is 5.22. The monoisotopic (exact) mass is 841 g/mol. The molecule has 2 saturated heterocycles. The van der Waals surface area contributed by atoms with Crippen LogP contribution in [0.15, 0.2) is 35.8 Å². The third-order valence-corrected chi connectivity index (χ3v) is 12.7. The van der Waals surface area contributed by atoms with Crippen LogP contribution < -0.4 is 10.7 Å². The first-order valence-electron chi connectivity index (χ1n) is 21.1. The quantitative estimate of drug-likeness (QED) is 0.219. The number of rotatable bonds is 8. The number of likely N-dealkylation sites (N-methyl/N-ethyl adjacent to an activating group) is 1. The zero-order valence-corrected chi connectivity index (χ0v) is 37.1. The van der Waals surface area contributed by atoms with Gasteiger partial charge in [0.25, 0.3) is 5.91 Å². The molecule has 15 nitrogen and oxygen atoms in total. The molecule has 7 heterocycles. The van der Waals surface area contributed by atoms with Gasteiger partial charge < -0.3 is 29.2 Å². The Morgan fingerprint density at radius 2 is 1.88 bits per heavy atom. The number of aromatic nitrogens is 4. The van der Waals surface area contributed by atoms with E-state index in [2.05, 4.69) is 62.1 Å². The van der Waals surface area contributed by atoms with Gasteiger partial charge >= 0.3 is 12.0 Å². The fourth-order valence-electron chi connectivity index (χ4n) is 8.68. The van der Waals surface area contributed by atoms with Gasteiger partial charge in [0.05, 0.1) is 64.6 Å². The van der Waals surface area contributed by atoms with Gasteiger partial charge in [-0.3, -0.25) is 24.4 Å². The summed E-state index contributed by atoms with van der Waals surface area (Å²) < 4.78 is 13.7. The minimum absolute atomic E-state index is 0.0369. The fourth-order valence-corrected chi connectivity index (χ4v) is 9.51. The molecule has 0 aromatic carbocycles. The minimum Gasteiger partial charge on any atom is -0.464 e. The Hall–Kier alpha value is -4.93. The largest absolute Gasteiger partial charge is 0.464 e. The van der Waals surface area contributed by atoms with Gasteiger partial charge in [-0.05, 0) is 62.3 Å². The number of esters is 1. The number of aryl methyl sites for hydroxylation is 1. The molecule has 322 valence electrons. The lowest BCUT2D eigenvalue weighted by Crippen LogP contribution is -2.64. The average Bonchev–Trinajstić information content (AvgIpc) is 3.80. The predicted molar refractivity (Wildman–Crippen MR) is 230 cm³/mol. The molecule has 16 heteroatoms. The summed E-state index contributed by atoms with van der Waals surface area (Å²) in [7, 11) is 3.22. The zero-order chi connectivity index (χ0) is 43.0. The summed E-state index contributed by atoms with van der Waals surface area (Å²) in [5.74, 6) is -1.39. The number of nitrogens with zero attached hydrogens (tertiary/aromatic N) is 7. The van der Waals surface area contributed by atoms with Crippen molar-refractivity contribution in [3.8, 4) is 22.6 Å². The van der Waals surface area contributed by atoms with Gasteiger partial charge in [-0.2, -0.15) is 0 Å². The van der Waals surface area contributed by atoms with E-state index in [1.54, 1.807) is 19.1 Å². The number of thiazole rings is 1. The number of amides is 4. The van der Waals surface area contributed by atoms with Crippen LogP contribution in [0.25, 0.3) is 33.7 Å². The van der Waals surface area contributed by atoms with E-state index in [0.29, 0.717) is 61.8 Å². The van der Waals surface area contributed by atoms with E-state index in [9.17, 15) is 19.2 Å². The lowest BCUT2D eigenvalue weighted by molar-refractivity contribution is -0.155. The molecular formula is C44H59N9O6S. The summed E-state index contributed by atoms with van der Waals surface area (Å²) in [6.45, 7) is 16.4. The zero-order valence-electron chi connectivity index (χ0n) is 36.3. The molecule has 3 atom stereocenters. The number of carbonyl (C=O) groups is 4. The van der Waals surface area contributed by atoms with Crippen LogP contribution in [0.3, 0.4) is 0 Å². The van der Waals surface area contributed by atoms with Crippen molar-refractivity contribution in [2.45, 2.75) is 111 Å². The van der Waals surface area contributed by atoms with Crippen molar-refractivity contribution in [2.24, 2.45) is 11.3 Å². The second-order valence-corrected chi connectivity index (χ2v) is 18.7. The van der Waals surface area contributed by atoms with E-state index in [0.717, 1.165) is 33.5 Å². The molecule has 6 bridgehead atoms. The third kappa shape index (κ3) is 8.64. The highest BCUT2D eigenvalue weighted by atomic mass is 32.1. The number of ether oxygens (including phenoxy) is 2. The van der Waals surface area contributed by atoms with E-state index in [1.807, 2.05) is 37.6 Å². The minimum atomic E-state index is -1.05. The highest BCUT2D eigenvalue weighted by Gasteiger charge is 2.40. The lowest BCUT2D eigenvalue weighted by atomic mass is 9.84. The number of urea groups is 1. The maximum Gasteiger partial charge on any atom is 0.324 e. The molecule has 0 aliphatic carbocycles. The predicted octanol–water partition coefficient (Wildman–Crippen LogP) is 5.42. The molecule has 3 aliphatic heterocycles. The van der Waals surface area contributed by atoms with Gasteiger partial charge in [0, 0.05) is 61.8 Å². The molecule has 2 fully saturated rings. The van der Waals surface area contributed by atoms with Gasteiger partial charge in [-0.15, -0.1) is 11.3 Å². The van der Waals surface area contributed by atoms with Crippen LogP contribution >= 0.6 is 11.3 Å². The number of likely N-dealkylation sites (tertiary alicyclic amines) is 1. The van der Waals surface area contributed by atoms with Gasteiger partial charge in [0.1, 0.15) is 18.1 Å². The van der Waals surface area contributed by atoms with Gasteiger partial charge in [-0.25, -0.2) is 20.2 Å². The number of carbonyl (C=O) groups excluding carboxylic acids is 4. The molecule has 60 heavy (non-hydrogen) atoms. The van der Waals surface area contributed by atoms with Crippen molar-refractivity contribution in [1.29, 1.82) is 0 Å². The van der Waals surface area contributed by atoms with E-state index in [4.69, 9.17) is 24.4 Å². The number of methoxy groups -OCH3 is 1. The average molecular weight is 842 g/mol. The second-order valence-electron chi connectivity index (χ2n) is 17.7. The molecule has 0 saturated carbocycles. The number of cyclic esters (lactones) is 1. The summed E-state index contributed by atoms with van der Waals surface area (Å²) in [5, 5.41) is 7.00. The summed E-state index contributed by atoms with van der Waals surface area (Å²) in [4.78, 5) is 74.2. The fraction of sp³-hybridized carbons (Fsp3) is 0.568. The number of fused-ring (bicyclic) bond motifs is 6.